The minimum absolute atomic E-state index is 0.176. The van der Waals surface area contributed by atoms with E-state index >= 15 is 0 Å². The Labute approximate surface area is 123 Å². The third kappa shape index (κ3) is 6.38. The second-order valence-corrected chi connectivity index (χ2v) is 5.88. The Hall–Kier alpha value is -1.09. The summed E-state index contributed by atoms with van der Waals surface area (Å²) in [6.45, 7) is 11.8. The number of nitrogens with one attached hydrogen (secondary N) is 1. The summed E-state index contributed by atoms with van der Waals surface area (Å²) in [5, 5.41) is 3.57. The molecule has 0 radical (unpaired) electrons. The van der Waals surface area contributed by atoms with Crippen LogP contribution in [-0.4, -0.2) is 25.7 Å². The van der Waals surface area contributed by atoms with Crippen LogP contribution < -0.4 is 10.2 Å². The SMILES string of the molecule is CCN(CCNC(C)CCC(C)C)c1ccc(F)cc1. The highest BCUT2D eigenvalue weighted by molar-refractivity contribution is 5.46. The topological polar surface area (TPSA) is 15.3 Å². The van der Waals surface area contributed by atoms with Crippen LogP contribution in [0.3, 0.4) is 0 Å². The van der Waals surface area contributed by atoms with Gasteiger partial charge in [-0.3, -0.25) is 0 Å². The Kier molecular flexibility index (Phi) is 7.60. The number of hydrogen-bond acceptors (Lipinski definition) is 2. The van der Waals surface area contributed by atoms with Crippen molar-refractivity contribution in [3.05, 3.63) is 30.1 Å². The first-order chi connectivity index (χ1) is 9.52. The zero-order chi connectivity index (χ0) is 15.0. The molecule has 20 heavy (non-hydrogen) atoms. The van der Waals surface area contributed by atoms with Gasteiger partial charge in [0.15, 0.2) is 0 Å². The molecule has 1 rings (SSSR count). The highest BCUT2D eigenvalue weighted by Gasteiger charge is 2.06. The predicted molar refractivity (Wildman–Crippen MR) is 85.8 cm³/mol. The van der Waals surface area contributed by atoms with E-state index in [4.69, 9.17) is 0 Å². The average molecular weight is 280 g/mol. The summed E-state index contributed by atoms with van der Waals surface area (Å²) < 4.78 is 12.9. The van der Waals surface area contributed by atoms with Crippen molar-refractivity contribution in [2.75, 3.05) is 24.5 Å². The quantitative estimate of drug-likeness (QED) is 0.733. The van der Waals surface area contributed by atoms with Gasteiger partial charge in [0, 0.05) is 31.4 Å². The van der Waals surface area contributed by atoms with Crippen molar-refractivity contribution >= 4 is 5.69 Å². The molecular weight excluding hydrogens is 251 g/mol. The Bertz CT molecular complexity index is 362. The summed E-state index contributed by atoms with van der Waals surface area (Å²) in [7, 11) is 0. The van der Waals surface area contributed by atoms with Crippen LogP contribution in [0.25, 0.3) is 0 Å². The van der Waals surface area contributed by atoms with Crippen LogP contribution in [0, 0.1) is 11.7 Å². The highest BCUT2D eigenvalue weighted by atomic mass is 19.1. The number of likely N-dealkylation sites (N-methyl/N-ethyl adjacent to an activating group) is 1. The maximum absolute atomic E-state index is 12.9. The number of rotatable bonds is 9. The van der Waals surface area contributed by atoms with Crippen LogP contribution in [0.4, 0.5) is 10.1 Å². The lowest BCUT2D eigenvalue weighted by Gasteiger charge is -2.24. The fourth-order valence-corrected chi connectivity index (χ4v) is 2.25. The molecule has 0 aromatic heterocycles. The van der Waals surface area contributed by atoms with Crippen molar-refractivity contribution in [1.29, 1.82) is 0 Å². The molecule has 0 amide bonds. The molecule has 2 nitrogen and oxygen atoms in total. The number of nitrogens with zero attached hydrogens (tertiary/aromatic N) is 1. The van der Waals surface area contributed by atoms with Crippen molar-refractivity contribution < 1.29 is 4.39 Å². The molecule has 114 valence electrons. The summed E-state index contributed by atoms with van der Waals surface area (Å²) in [6.07, 6.45) is 2.49. The third-order valence-electron chi connectivity index (χ3n) is 3.63. The van der Waals surface area contributed by atoms with E-state index in [1.54, 1.807) is 0 Å². The molecule has 0 aliphatic rings. The molecule has 0 aliphatic heterocycles. The largest absolute Gasteiger partial charge is 0.371 e. The molecule has 1 unspecified atom stereocenters. The molecule has 1 aromatic carbocycles. The molecule has 1 atom stereocenters. The molecule has 0 saturated carbocycles. The lowest BCUT2D eigenvalue weighted by molar-refractivity contribution is 0.453. The van der Waals surface area contributed by atoms with Crippen molar-refractivity contribution in [3.8, 4) is 0 Å². The highest BCUT2D eigenvalue weighted by Crippen LogP contribution is 2.14. The second kappa shape index (κ2) is 8.96. The maximum atomic E-state index is 12.9. The number of benzene rings is 1. The van der Waals surface area contributed by atoms with Gasteiger partial charge in [0.2, 0.25) is 0 Å². The summed E-state index contributed by atoms with van der Waals surface area (Å²) in [5.74, 6) is 0.593. The van der Waals surface area contributed by atoms with E-state index in [-0.39, 0.29) is 5.82 Å². The summed E-state index contributed by atoms with van der Waals surface area (Å²) in [6, 6.07) is 7.31. The number of halogens is 1. The molecule has 0 saturated heterocycles. The first kappa shape index (κ1) is 17.0. The van der Waals surface area contributed by atoms with Gasteiger partial charge in [-0.1, -0.05) is 13.8 Å². The first-order valence-corrected chi connectivity index (χ1v) is 7.76. The van der Waals surface area contributed by atoms with Gasteiger partial charge >= 0.3 is 0 Å². The zero-order valence-corrected chi connectivity index (χ0v) is 13.3. The van der Waals surface area contributed by atoms with E-state index in [0.717, 1.165) is 31.2 Å². The lowest BCUT2D eigenvalue weighted by atomic mass is 10.0. The monoisotopic (exact) mass is 280 g/mol. The van der Waals surface area contributed by atoms with Gasteiger partial charge in [-0.25, -0.2) is 4.39 Å². The average Bonchev–Trinajstić information content (AvgIpc) is 2.42. The van der Waals surface area contributed by atoms with E-state index < -0.39 is 0 Å². The summed E-state index contributed by atoms with van der Waals surface area (Å²) in [5.41, 5.74) is 1.09. The predicted octanol–water partition coefficient (Wildman–Crippen LogP) is 4.07. The fraction of sp³-hybridized carbons (Fsp3) is 0.647. The van der Waals surface area contributed by atoms with Crippen molar-refractivity contribution in [2.45, 2.75) is 46.6 Å². The number of anilines is 1. The minimum atomic E-state index is -0.176. The Morgan fingerprint density at radius 2 is 1.75 bits per heavy atom. The number of hydrogen-bond donors (Lipinski definition) is 1. The van der Waals surface area contributed by atoms with Crippen LogP contribution >= 0.6 is 0 Å². The van der Waals surface area contributed by atoms with Crippen LogP contribution in [0.1, 0.15) is 40.5 Å². The minimum Gasteiger partial charge on any atom is -0.371 e. The van der Waals surface area contributed by atoms with E-state index in [9.17, 15) is 4.39 Å². The molecule has 0 spiro atoms. The van der Waals surface area contributed by atoms with Gasteiger partial charge in [-0.05, 0) is 56.9 Å². The first-order valence-electron chi connectivity index (χ1n) is 7.76. The van der Waals surface area contributed by atoms with Crippen molar-refractivity contribution in [1.82, 2.24) is 5.32 Å². The van der Waals surface area contributed by atoms with Gasteiger partial charge in [-0.2, -0.15) is 0 Å². The standard InChI is InChI=1S/C17H29FN2/c1-5-20(17-10-8-16(18)9-11-17)13-12-19-15(4)7-6-14(2)3/h8-11,14-15,19H,5-7,12-13H2,1-4H3. The molecule has 0 bridgehead atoms. The fourth-order valence-electron chi connectivity index (χ4n) is 2.25. The Morgan fingerprint density at radius 1 is 1.10 bits per heavy atom. The smallest absolute Gasteiger partial charge is 0.123 e. The summed E-state index contributed by atoms with van der Waals surface area (Å²) >= 11 is 0. The van der Waals surface area contributed by atoms with Crippen LogP contribution in [0.15, 0.2) is 24.3 Å². The molecule has 0 aliphatic carbocycles. The molecule has 0 fully saturated rings. The van der Waals surface area contributed by atoms with Gasteiger partial charge in [0.25, 0.3) is 0 Å². The maximum Gasteiger partial charge on any atom is 0.123 e. The Balaban J connectivity index is 2.33. The van der Waals surface area contributed by atoms with Gasteiger partial charge in [0.1, 0.15) is 5.82 Å². The van der Waals surface area contributed by atoms with Crippen LogP contribution in [0.5, 0.6) is 0 Å². The van der Waals surface area contributed by atoms with E-state index in [2.05, 4.69) is 37.9 Å². The normalized spacial score (nSPS) is 12.7. The van der Waals surface area contributed by atoms with Crippen molar-refractivity contribution in [3.63, 3.8) is 0 Å². The van der Waals surface area contributed by atoms with Gasteiger partial charge in [-0.15, -0.1) is 0 Å². The third-order valence-corrected chi connectivity index (χ3v) is 3.63. The molecule has 1 N–H and O–H groups in total. The van der Waals surface area contributed by atoms with Gasteiger partial charge in [0.05, 0.1) is 0 Å². The molecule has 0 heterocycles. The van der Waals surface area contributed by atoms with E-state index in [1.165, 1.54) is 25.0 Å². The van der Waals surface area contributed by atoms with Gasteiger partial charge < -0.3 is 10.2 Å². The van der Waals surface area contributed by atoms with E-state index in [0.29, 0.717) is 6.04 Å². The summed E-state index contributed by atoms with van der Waals surface area (Å²) in [4.78, 5) is 2.27. The lowest BCUT2D eigenvalue weighted by Crippen LogP contribution is -2.36. The van der Waals surface area contributed by atoms with E-state index in [1.807, 2.05) is 12.1 Å². The van der Waals surface area contributed by atoms with Crippen LogP contribution in [0.2, 0.25) is 0 Å². The molecule has 1 aromatic rings. The molecular formula is C17H29FN2. The zero-order valence-electron chi connectivity index (χ0n) is 13.3. The van der Waals surface area contributed by atoms with Crippen LogP contribution in [-0.2, 0) is 0 Å². The Morgan fingerprint density at radius 3 is 2.30 bits per heavy atom. The molecule has 3 heteroatoms. The second-order valence-electron chi connectivity index (χ2n) is 5.88. The van der Waals surface area contributed by atoms with Crippen molar-refractivity contribution in [2.24, 2.45) is 5.92 Å².